The molecule has 2 aromatic rings. The molecule has 6 heteroatoms. The molecule has 1 N–H and O–H groups in total. The van der Waals surface area contributed by atoms with E-state index in [0.29, 0.717) is 6.04 Å². The lowest BCUT2D eigenvalue weighted by Gasteiger charge is -2.11. The van der Waals surface area contributed by atoms with Gasteiger partial charge in [0.1, 0.15) is 12.2 Å². The highest BCUT2D eigenvalue weighted by atomic mass is 35.5. The Bertz CT molecular complexity index is 480. The Morgan fingerprint density at radius 1 is 1.21 bits per heavy atom. The van der Waals surface area contributed by atoms with E-state index in [-0.39, 0.29) is 24.8 Å². The summed E-state index contributed by atoms with van der Waals surface area (Å²) >= 11 is 0. The highest BCUT2D eigenvalue weighted by molar-refractivity contribution is 5.85. The zero-order valence-electron chi connectivity index (χ0n) is 10.5. The summed E-state index contributed by atoms with van der Waals surface area (Å²) in [7, 11) is 0. The fourth-order valence-electron chi connectivity index (χ4n) is 2.34. The summed E-state index contributed by atoms with van der Waals surface area (Å²) in [4.78, 5) is 0. The van der Waals surface area contributed by atoms with Gasteiger partial charge in [0, 0.05) is 0 Å². The molecule has 104 valence electrons. The fraction of sp³-hybridized carbons (Fsp3) is 0.385. The maximum absolute atomic E-state index is 4.24. The Hall–Kier alpha value is -1.10. The Morgan fingerprint density at radius 2 is 2.00 bits per heavy atom. The number of hydrogen-bond donors (Lipinski definition) is 1. The van der Waals surface area contributed by atoms with E-state index in [2.05, 4.69) is 44.3 Å². The standard InChI is InChI=1S/C13H16N4.2ClH/c1-2-5-11(6-3-1)9-17-10-15-16-13(17)12-7-4-8-14-12;;/h1-3,5-6,10,12,14H,4,7-9H2;2*1H. The third kappa shape index (κ3) is 3.69. The van der Waals surface area contributed by atoms with Crippen LogP contribution in [0, 0.1) is 0 Å². The van der Waals surface area contributed by atoms with Gasteiger partial charge in [-0.2, -0.15) is 0 Å². The van der Waals surface area contributed by atoms with Gasteiger partial charge in [0.2, 0.25) is 0 Å². The first kappa shape index (κ1) is 16.0. The van der Waals surface area contributed by atoms with Crippen LogP contribution < -0.4 is 5.32 Å². The minimum absolute atomic E-state index is 0. The normalized spacial score (nSPS) is 17.6. The molecule has 0 spiro atoms. The van der Waals surface area contributed by atoms with Crippen LogP contribution in [-0.4, -0.2) is 21.3 Å². The van der Waals surface area contributed by atoms with Gasteiger partial charge in [0.15, 0.2) is 0 Å². The number of aromatic nitrogens is 3. The maximum Gasteiger partial charge on any atom is 0.150 e. The van der Waals surface area contributed by atoms with E-state index in [0.717, 1.165) is 25.3 Å². The van der Waals surface area contributed by atoms with Crippen molar-refractivity contribution in [2.24, 2.45) is 0 Å². The molecule has 1 aliphatic rings. The largest absolute Gasteiger partial charge is 0.312 e. The molecule has 0 bridgehead atoms. The van der Waals surface area contributed by atoms with Gasteiger partial charge in [-0.15, -0.1) is 35.0 Å². The second-order valence-corrected chi connectivity index (χ2v) is 4.45. The van der Waals surface area contributed by atoms with Crippen molar-refractivity contribution in [2.45, 2.75) is 25.4 Å². The van der Waals surface area contributed by atoms with Crippen molar-refractivity contribution >= 4 is 24.8 Å². The summed E-state index contributed by atoms with van der Waals surface area (Å²) in [6, 6.07) is 10.8. The number of rotatable bonds is 3. The predicted molar refractivity (Wildman–Crippen MR) is 80.0 cm³/mol. The van der Waals surface area contributed by atoms with Crippen molar-refractivity contribution in [3.05, 3.63) is 48.0 Å². The zero-order chi connectivity index (χ0) is 11.5. The van der Waals surface area contributed by atoms with Crippen LogP contribution in [0.25, 0.3) is 0 Å². The van der Waals surface area contributed by atoms with Crippen LogP contribution in [0.5, 0.6) is 0 Å². The number of hydrogen-bond acceptors (Lipinski definition) is 3. The molecular weight excluding hydrogens is 283 g/mol. The smallest absolute Gasteiger partial charge is 0.150 e. The van der Waals surface area contributed by atoms with Gasteiger partial charge in [-0.3, -0.25) is 0 Å². The molecule has 1 aromatic heterocycles. The van der Waals surface area contributed by atoms with Gasteiger partial charge < -0.3 is 9.88 Å². The number of nitrogens with one attached hydrogen (secondary N) is 1. The summed E-state index contributed by atoms with van der Waals surface area (Å²) in [5.41, 5.74) is 1.28. The van der Waals surface area contributed by atoms with Crippen LogP contribution in [0.1, 0.15) is 30.3 Å². The zero-order valence-corrected chi connectivity index (χ0v) is 12.2. The molecule has 3 rings (SSSR count). The molecule has 4 nitrogen and oxygen atoms in total. The van der Waals surface area contributed by atoms with Gasteiger partial charge in [0.25, 0.3) is 0 Å². The van der Waals surface area contributed by atoms with Crippen molar-refractivity contribution in [2.75, 3.05) is 6.54 Å². The average molecular weight is 301 g/mol. The summed E-state index contributed by atoms with van der Waals surface area (Å²) in [6.45, 7) is 1.93. The molecule has 19 heavy (non-hydrogen) atoms. The molecular formula is C13H18Cl2N4. The van der Waals surface area contributed by atoms with E-state index in [9.17, 15) is 0 Å². The molecule has 0 saturated carbocycles. The molecule has 0 aliphatic carbocycles. The lowest BCUT2D eigenvalue weighted by atomic mass is 10.2. The summed E-state index contributed by atoms with van der Waals surface area (Å²) in [5, 5.41) is 11.7. The van der Waals surface area contributed by atoms with Crippen LogP contribution in [0.2, 0.25) is 0 Å². The maximum atomic E-state index is 4.24. The van der Waals surface area contributed by atoms with Gasteiger partial charge in [0.05, 0.1) is 12.6 Å². The van der Waals surface area contributed by atoms with Gasteiger partial charge in [-0.05, 0) is 24.9 Å². The Kier molecular flexibility index (Phi) is 6.28. The lowest BCUT2D eigenvalue weighted by Crippen LogP contribution is -2.18. The predicted octanol–water partition coefficient (Wildman–Crippen LogP) is 2.59. The van der Waals surface area contributed by atoms with Crippen molar-refractivity contribution in [3.8, 4) is 0 Å². The highest BCUT2D eigenvalue weighted by Crippen LogP contribution is 2.21. The van der Waals surface area contributed by atoms with Crippen LogP contribution in [0.3, 0.4) is 0 Å². The SMILES string of the molecule is Cl.Cl.c1ccc(Cn2cnnc2C2CCCN2)cc1. The summed E-state index contributed by atoms with van der Waals surface area (Å²) < 4.78 is 2.14. The van der Waals surface area contributed by atoms with Gasteiger partial charge in [-0.25, -0.2) is 0 Å². The van der Waals surface area contributed by atoms with E-state index in [1.165, 1.54) is 12.0 Å². The van der Waals surface area contributed by atoms with Crippen LogP contribution in [0.4, 0.5) is 0 Å². The summed E-state index contributed by atoms with van der Waals surface area (Å²) in [5.74, 6) is 1.06. The molecule has 1 aliphatic heterocycles. The van der Waals surface area contributed by atoms with Crippen LogP contribution in [0.15, 0.2) is 36.7 Å². The minimum atomic E-state index is 0. The molecule has 0 amide bonds. The monoisotopic (exact) mass is 300 g/mol. The second kappa shape index (κ2) is 7.48. The molecule has 1 atom stereocenters. The van der Waals surface area contributed by atoms with Gasteiger partial charge in [-0.1, -0.05) is 30.3 Å². The lowest BCUT2D eigenvalue weighted by molar-refractivity contribution is 0.564. The summed E-state index contributed by atoms with van der Waals surface area (Å²) in [6.07, 6.45) is 4.21. The number of nitrogens with zero attached hydrogens (tertiary/aromatic N) is 3. The van der Waals surface area contributed by atoms with Crippen molar-refractivity contribution < 1.29 is 0 Å². The third-order valence-electron chi connectivity index (χ3n) is 3.21. The average Bonchev–Trinajstić information content (AvgIpc) is 3.00. The highest BCUT2D eigenvalue weighted by Gasteiger charge is 2.21. The van der Waals surface area contributed by atoms with Crippen LogP contribution >= 0.6 is 24.8 Å². The van der Waals surface area contributed by atoms with Crippen molar-refractivity contribution in [1.29, 1.82) is 0 Å². The third-order valence-corrected chi connectivity index (χ3v) is 3.21. The van der Waals surface area contributed by atoms with Gasteiger partial charge >= 0.3 is 0 Å². The molecule has 2 heterocycles. The van der Waals surface area contributed by atoms with Crippen molar-refractivity contribution in [1.82, 2.24) is 20.1 Å². The quantitative estimate of drug-likeness (QED) is 0.947. The van der Waals surface area contributed by atoms with E-state index < -0.39 is 0 Å². The van der Waals surface area contributed by atoms with E-state index >= 15 is 0 Å². The van der Waals surface area contributed by atoms with E-state index in [1.54, 1.807) is 0 Å². The Balaban J connectivity index is 0.000000902. The molecule has 1 fully saturated rings. The topological polar surface area (TPSA) is 42.7 Å². The number of benzene rings is 1. The molecule has 1 saturated heterocycles. The minimum Gasteiger partial charge on any atom is -0.312 e. The molecule has 1 aromatic carbocycles. The first-order valence-electron chi connectivity index (χ1n) is 6.08. The number of halogens is 2. The molecule has 1 unspecified atom stereocenters. The first-order chi connectivity index (χ1) is 8.43. The first-order valence-corrected chi connectivity index (χ1v) is 6.08. The van der Waals surface area contributed by atoms with Crippen LogP contribution in [-0.2, 0) is 6.54 Å². The van der Waals surface area contributed by atoms with Crippen molar-refractivity contribution in [3.63, 3.8) is 0 Å². The Labute approximate surface area is 125 Å². The molecule has 0 radical (unpaired) electrons. The fourth-order valence-corrected chi connectivity index (χ4v) is 2.34. The van der Waals surface area contributed by atoms with E-state index in [1.807, 2.05) is 12.4 Å². The second-order valence-electron chi connectivity index (χ2n) is 4.45. The Morgan fingerprint density at radius 3 is 2.68 bits per heavy atom. The van der Waals surface area contributed by atoms with E-state index in [4.69, 9.17) is 0 Å².